The van der Waals surface area contributed by atoms with Gasteiger partial charge in [0.2, 0.25) is 5.91 Å². The summed E-state index contributed by atoms with van der Waals surface area (Å²) in [6.07, 6.45) is 8.49. The molecule has 2 N–H and O–H groups in total. The number of aromatic nitrogens is 2. The number of carbonyl (C=O) groups is 2. The van der Waals surface area contributed by atoms with E-state index in [9.17, 15) is 14.0 Å². The number of rotatable bonds is 6. The number of nitrogens with one attached hydrogen (secondary N) is 2. The van der Waals surface area contributed by atoms with E-state index in [4.69, 9.17) is 0 Å². The van der Waals surface area contributed by atoms with E-state index in [-0.39, 0.29) is 17.7 Å². The molecule has 0 spiro atoms. The number of nitrogens with zero attached hydrogens (tertiary/aromatic N) is 2. The van der Waals surface area contributed by atoms with Crippen molar-refractivity contribution in [2.45, 2.75) is 38.1 Å². The summed E-state index contributed by atoms with van der Waals surface area (Å²) in [7, 11) is 1.80. The Balaban J connectivity index is 1.54. The number of amides is 2. The van der Waals surface area contributed by atoms with Gasteiger partial charge in [-0.3, -0.25) is 9.59 Å². The summed E-state index contributed by atoms with van der Waals surface area (Å²) in [5.74, 6) is -0.260. The number of aryl methyl sites for hydroxylation is 1. The third-order valence-electron chi connectivity index (χ3n) is 5.98. The van der Waals surface area contributed by atoms with Crippen LogP contribution in [0.15, 0.2) is 60.9 Å². The zero-order valence-corrected chi connectivity index (χ0v) is 18.1. The molecule has 1 aliphatic carbocycles. The lowest BCUT2D eigenvalue weighted by atomic mass is 9.88. The van der Waals surface area contributed by atoms with E-state index in [0.717, 1.165) is 25.7 Å². The molecule has 6 nitrogen and oxygen atoms in total. The highest BCUT2D eigenvalue weighted by molar-refractivity contribution is 5.98. The van der Waals surface area contributed by atoms with Crippen molar-refractivity contribution < 1.29 is 14.0 Å². The Morgan fingerprint density at radius 1 is 1.09 bits per heavy atom. The second-order valence-electron chi connectivity index (χ2n) is 8.23. The summed E-state index contributed by atoms with van der Waals surface area (Å²) in [6.45, 7) is 0. The molecular formula is C25H27FN4O2. The van der Waals surface area contributed by atoms with Crippen LogP contribution in [0.4, 0.5) is 10.1 Å². The molecule has 0 aliphatic heterocycles. The number of imidazole rings is 1. The Morgan fingerprint density at radius 2 is 1.88 bits per heavy atom. The van der Waals surface area contributed by atoms with Crippen LogP contribution in [-0.2, 0) is 11.8 Å². The minimum atomic E-state index is -0.760. The predicted molar refractivity (Wildman–Crippen MR) is 121 cm³/mol. The molecule has 2 amide bonds. The molecule has 1 saturated carbocycles. The van der Waals surface area contributed by atoms with E-state index in [1.165, 1.54) is 12.5 Å². The van der Waals surface area contributed by atoms with Crippen LogP contribution >= 0.6 is 0 Å². The van der Waals surface area contributed by atoms with Crippen LogP contribution in [0.5, 0.6) is 0 Å². The molecule has 1 atom stereocenters. The largest absolute Gasteiger partial charge is 0.338 e. The van der Waals surface area contributed by atoms with Crippen molar-refractivity contribution in [1.29, 1.82) is 0 Å². The van der Waals surface area contributed by atoms with Gasteiger partial charge in [0.1, 0.15) is 17.7 Å². The van der Waals surface area contributed by atoms with E-state index >= 15 is 0 Å². The van der Waals surface area contributed by atoms with Crippen molar-refractivity contribution in [2.75, 3.05) is 5.32 Å². The summed E-state index contributed by atoms with van der Waals surface area (Å²) >= 11 is 0. The summed E-state index contributed by atoms with van der Waals surface area (Å²) in [5, 5.41) is 5.84. The van der Waals surface area contributed by atoms with Crippen molar-refractivity contribution >= 4 is 17.5 Å². The van der Waals surface area contributed by atoms with Gasteiger partial charge in [-0.25, -0.2) is 9.37 Å². The summed E-state index contributed by atoms with van der Waals surface area (Å²) in [4.78, 5) is 30.0. The van der Waals surface area contributed by atoms with Crippen LogP contribution in [0.3, 0.4) is 0 Å². The molecule has 1 aromatic heterocycles. The van der Waals surface area contributed by atoms with Crippen LogP contribution < -0.4 is 10.6 Å². The lowest BCUT2D eigenvalue weighted by Crippen LogP contribution is -2.32. The average molecular weight is 435 g/mol. The highest BCUT2D eigenvalue weighted by Crippen LogP contribution is 2.26. The zero-order chi connectivity index (χ0) is 22.5. The molecule has 0 bridgehead atoms. The van der Waals surface area contributed by atoms with Crippen molar-refractivity contribution in [2.24, 2.45) is 13.0 Å². The van der Waals surface area contributed by atoms with Crippen molar-refractivity contribution in [3.63, 3.8) is 0 Å². The van der Waals surface area contributed by atoms with Crippen LogP contribution in [-0.4, -0.2) is 21.4 Å². The fraction of sp³-hybridized carbons (Fsp3) is 0.320. The number of hydrogen-bond acceptors (Lipinski definition) is 3. The number of benzene rings is 2. The number of hydrogen-bond donors (Lipinski definition) is 2. The molecule has 1 fully saturated rings. The number of carbonyl (C=O) groups excluding carboxylic acids is 2. The molecular weight excluding hydrogens is 407 g/mol. The number of halogens is 1. The topological polar surface area (TPSA) is 76.0 Å². The van der Waals surface area contributed by atoms with Gasteiger partial charge in [-0.1, -0.05) is 43.5 Å². The van der Waals surface area contributed by atoms with E-state index in [1.54, 1.807) is 66.5 Å². The molecule has 0 radical (unpaired) electrons. The quantitative estimate of drug-likeness (QED) is 0.595. The van der Waals surface area contributed by atoms with Gasteiger partial charge < -0.3 is 15.2 Å². The first-order valence-corrected chi connectivity index (χ1v) is 11.0. The monoisotopic (exact) mass is 434 g/mol. The second kappa shape index (κ2) is 9.77. The molecule has 2 aromatic carbocycles. The summed E-state index contributed by atoms with van der Waals surface area (Å²) < 4.78 is 16.3. The fourth-order valence-electron chi connectivity index (χ4n) is 4.21. The summed E-state index contributed by atoms with van der Waals surface area (Å²) in [6, 6.07) is 12.4. The molecule has 7 heteroatoms. The van der Waals surface area contributed by atoms with E-state index < -0.39 is 11.9 Å². The minimum Gasteiger partial charge on any atom is -0.338 e. The molecule has 1 heterocycles. The Labute approximate surface area is 186 Å². The lowest BCUT2D eigenvalue weighted by molar-refractivity contribution is -0.120. The van der Waals surface area contributed by atoms with E-state index in [1.807, 2.05) is 0 Å². The molecule has 32 heavy (non-hydrogen) atoms. The van der Waals surface area contributed by atoms with Crippen molar-refractivity contribution in [3.8, 4) is 0 Å². The van der Waals surface area contributed by atoms with Gasteiger partial charge in [0.15, 0.2) is 0 Å². The zero-order valence-electron chi connectivity index (χ0n) is 18.1. The van der Waals surface area contributed by atoms with Gasteiger partial charge >= 0.3 is 0 Å². The second-order valence-corrected chi connectivity index (χ2v) is 8.23. The molecule has 3 aromatic rings. The normalized spacial score (nSPS) is 15.2. The van der Waals surface area contributed by atoms with Crippen molar-refractivity contribution in [1.82, 2.24) is 14.9 Å². The minimum absolute atomic E-state index is 0.000461. The van der Waals surface area contributed by atoms with Crippen LogP contribution in [0.25, 0.3) is 0 Å². The Morgan fingerprint density at radius 3 is 2.59 bits per heavy atom. The highest BCUT2D eigenvalue weighted by Gasteiger charge is 2.25. The standard InChI is InChI=1S/C25H27FN4O2/c1-30-15-14-27-23(30)22(20-12-5-6-13-21(20)26)29-25(32)18-10-7-11-19(16-18)28-24(31)17-8-3-2-4-9-17/h5-7,10-17,22H,2-4,8-9H2,1H3,(H,28,31)(H,29,32). The first-order chi connectivity index (χ1) is 15.5. The van der Waals surface area contributed by atoms with Crippen molar-refractivity contribution in [3.05, 3.63) is 83.7 Å². The van der Waals surface area contributed by atoms with Gasteiger partial charge in [-0.15, -0.1) is 0 Å². The maximum Gasteiger partial charge on any atom is 0.252 e. The van der Waals surface area contributed by atoms with E-state index in [0.29, 0.717) is 22.6 Å². The van der Waals surface area contributed by atoms with Crippen LogP contribution in [0.2, 0.25) is 0 Å². The first-order valence-electron chi connectivity index (χ1n) is 11.0. The molecule has 1 aliphatic rings. The molecule has 4 rings (SSSR count). The van der Waals surface area contributed by atoms with Gasteiger partial charge in [0.25, 0.3) is 5.91 Å². The molecule has 0 saturated heterocycles. The molecule has 166 valence electrons. The van der Waals surface area contributed by atoms with Gasteiger partial charge in [-0.2, -0.15) is 0 Å². The third kappa shape index (κ3) is 4.88. The Hall–Kier alpha value is -3.48. The SMILES string of the molecule is Cn1ccnc1C(NC(=O)c1cccc(NC(=O)C2CCCCC2)c1)c1ccccc1F. The fourth-order valence-corrected chi connectivity index (χ4v) is 4.21. The first kappa shape index (κ1) is 21.7. The lowest BCUT2D eigenvalue weighted by Gasteiger charge is -2.21. The van der Waals surface area contributed by atoms with Gasteiger partial charge in [0.05, 0.1) is 0 Å². The predicted octanol–water partition coefficient (Wildman–Crippen LogP) is 4.60. The summed E-state index contributed by atoms with van der Waals surface area (Å²) in [5.41, 5.74) is 1.28. The maximum absolute atomic E-state index is 14.6. The molecule has 1 unspecified atom stereocenters. The maximum atomic E-state index is 14.6. The average Bonchev–Trinajstić information content (AvgIpc) is 3.24. The van der Waals surface area contributed by atoms with Crippen LogP contribution in [0.1, 0.15) is 59.9 Å². The van der Waals surface area contributed by atoms with E-state index in [2.05, 4.69) is 15.6 Å². The van der Waals surface area contributed by atoms with Gasteiger partial charge in [-0.05, 0) is 37.1 Å². The third-order valence-corrected chi connectivity index (χ3v) is 5.98. The highest BCUT2D eigenvalue weighted by atomic mass is 19.1. The number of anilines is 1. The Bertz CT molecular complexity index is 1100. The Kier molecular flexibility index (Phi) is 6.63. The van der Waals surface area contributed by atoms with Gasteiger partial charge in [0, 0.05) is 42.2 Å². The van der Waals surface area contributed by atoms with Crippen LogP contribution in [0, 0.1) is 11.7 Å². The smallest absolute Gasteiger partial charge is 0.252 e.